The molecule has 0 radical (unpaired) electrons. The Bertz CT molecular complexity index is 852. The number of nitrogens with two attached hydrogens (primary N) is 1. The van der Waals surface area contributed by atoms with E-state index in [4.69, 9.17) is 19.9 Å². The molecular formula is C22H29N3O5. The van der Waals surface area contributed by atoms with Gasteiger partial charge in [0.2, 0.25) is 0 Å². The van der Waals surface area contributed by atoms with Crippen molar-refractivity contribution in [2.24, 2.45) is 5.73 Å². The van der Waals surface area contributed by atoms with Crippen molar-refractivity contribution < 1.29 is 23.8 Å². The summed E-state index contributed by atoms with van der Waals surface area (Å²) < 4.78 is 16.6. The highest BCUT2D eigenvalue weighted by atomic mass is 16.5. The molecule has 0 atom stereocenters. The van der Waals surface area contributed by atoms with Crippen molar-refractivity contribution in [1.82, 2.24) is 4.90 Å². The third-order valence-electron chi connectivity index (χ3n) is 4.48. The molecule has 30 heavy (non-hydrogen) atoms. The molecule has 0 saturated heterocycles. The van der Waals surface area contributed by atoms with Crippen LogP contribution in [0.4, 0.5) is 5.69 Å². The van der Waals surface area contributed by atoms with Gasteiger partial charge in [-0.3, -0.25) is 9.59 Å². The minimum Gasteiger partial charge on any atom is -0.493 e. The number of amides is 2. The van der Waals surface area contributed by atoms with Crippen molar-refractivity contribution in [3.8, 4) is 17.2 Å². The Morgan fingerprint density at radius 3 is 2.40 bits per heavy atom. The topological polar surface area (TPSA) is 103 Å². The van der Waals surface area contributed by atoms with E-state index in [2.05, 4.69) is 24.1 Å². The summed E-state index contributed by atoms with van der Waals surface area (Å²) in [5, 5.41) is 2.82. The zero-order valence-corrected chi connectivity index (χ0v) is 17.6. The first-order chi connectivity index (χ1) is 14.5. The number of anilines is 1. The zero-order chi connectivity index (χ0) is 21.9. The average molecular weight is 415 g/mol. The monoisotopic (exact) mass is 415 g/mol. The summed E-state index contributed by atoms with van der Waals surface area (Å²) in [6.07, 6.45) is 0. The number of hydrogen-bond donors (Lipinski definition) is 2. The van der Waals surface area contributed by atoms with E-state index in [0.717, 1.165) is 19.6 Å². The third kappa shape index (κ3) is 6.66. The molecule has 0 saturated carbocycles. The summed E-state index contributed by atoms with van der Waals surface area (Å²) in [5.74, 6) is 0.401. The summed E-state index contributed by atoms with van der Waals surface area (Å²) in [6.45, 7) is 7.08. The van der Waals surface area contributed by atoms with Crippen LogP contribution in [0, 0.1) is 0 Å². The van der Waals surface area contributed by atoms with Crippen LogP contribution in [0.1, 0.15) is 24.2 Å². The lowest BCUT2D eigenvalue weighted by atomic mass is 10.1. The number of ether oxygens (including phenoxy) is 3. The predicted octanol–water partition coefficient (Wildman–Crippen LogP) is 2.53. The Morgan fingerprint density at radius 2 is 1.73 bits per heavy atom. The van der Waals surface area contributed by atoms with Gasteiger partial charge in [0.15, 0.2) is 18.1 Å². The fraction of sp³-hybridized carbons (Fsp3) is 0.364. The SMILES string of the molecule is CCN(CC)CCOc1cc(NC(=O)c2ccccc2OCC(N)=O)ccc1OC. The third-order valence-corrected chi connectivity index (χ3v) is 4.48. The van der Waals surface area contributed by atoms with Crippen LogP contribution in [0.2, 0.25) is 0 Å². The molecule has 2 amide bonds. The normalized spacial score (nSPS) is 10.5. The number of benzene rings is 2. The fourth-order valence-electron chi connectivity index (χ4n) is 2.82. The van der Waals surface area contributed by atoms with E-state index in [0.29, 0.717) is 29.4 Å². The van der Waals surface area contributed by atoms with Crippen LogP contribution in [0.5, 0.6) is 17.2 Å². The molecule has 2 rings (SSSR count). The maximum Gasteiger partial charge on any atom is 0.259 e. The second kappa shape index (κ2) is 11.7. The molecule has 0 bridgehead atoms. The van der Waals surface area contributed by atoms with E-state index in [1.807, 2.05) is 0 Å². The van der Waals surface area contributed by atoms with Crippen LogP contribution in [-0.2, 0) is 4.79 Å². The number of nitrogens with one attached hydrogen (secondary N) is 1. The molecule has 0 aliphatic rings. The van der Waals surface area contributed by atoms with Gasteiger partial charge >= 0.3 is 0 Å². The Kier molecular flexibility index (Phi) is 8.96. The van der Waals surface area contributed by atoms with Crippen LogP contribution in [0.3, 0.4) is 0 Å². The second-order valence-electron chi connectivity index (χ2n) is 6.45. The first-order valence-electron chi connectivity index (χ1n) is 9.83. The van der Waals surface area contributed by atoms with Gasteiger partial charge in [-0.2, -0.15) is 0 Å². The number of para-hydroxylation sites is 1. The van der Waals surface area contributed by atoms with Crippen molar-refractivity contribution >= 4 is 17.5 Å². The summed E-state index contributed by atoms with van der Waals surface area (Å²) >= 11 is 0. The van der Waals surface area contributed by atoms with Gasteiger partial charge in [-0.05, 0) is 37.4 Å². The van der Waals surface area contributed by atoms with Gasteiger partial charge in [-0.1, -0.05) is 26.0 Å². The van der Waals surface area contributed by atoms with Crippen LogP contribution < -0.4 is 25.3 Å². The second-order valence-corrected chi connectivity index (χ2v) is 6.45. The molecular weight excluding hydrogens is 386 g/mol. The number of carbonyl (C=O) groups excluding carboxylic acids is 2. The van der Waals surface area contributed by atoms with E-state index < -0.39 is 5.91 Å². The molecule has 0 aliphatic carbocycles. The lowest BCUT2D eigenvalue weighted by Crippen LogP contribution is -2.28. The first-order valence-corrected chi connectivity index (χ1v) is 9.83. The van der Waals surface area contributed by atoms with Gasteiger partial charge < -0.3 is 30.2 Å². The van der Waals surface area contributed by atoms with Gasteiger partial charge in [0.1, 0.15) is 12.4 Å². The molecule has 2 aromatic carbocycles. The van der Waals surface area contributed by atoms with Gasteiger partial charge in [0, 0.05) is 18.3 Å². The molecule has 3 N–H and O–H groups in total. The molecule has 0 fully saturated rings. The first kappa shape index (κ1) is 23.0. The highest BCUT2D eigenvalue weighted by molar-refractivity contribution is 6.06. The standard InChI is InChI=1S/C22H29N3O5/c1-4-25(5-2)12-13-29-20-14-16(10-11-19(20)28-3)24-22(27)17-8-6-7-9-18(17)30-15-21(23)26/h6-11,14H,4-5,12-13,15H2,1-3H3,(H2,23,26)(H,24,27). The van der Waals surface area contributed by atoms with Gasteiger partial charge in [-0.25, -0.2) is 0 Å². The Labute approximate surface area is 176 Å². The Hall–Kier alpha value is -3.26. The lowest BCUT2D eigenvalue weighted by Gasteiger charge is -2.19. The average Bonchev–Trinajstić information content (AvgIpc) is 2.75. The minimum absolute atomic E-state index is 0.276. The predicted molar refractivity (Wildman–Crippen MR) is 115 cm³/mol. The Balaban J connectivity index is 2.11. The van der Waals surface area contributed by atoms with E-state index in [1.54, 1.807) is 49.6 Å². The quantitative estimate of drug-likeness (QED) is 0.552. The van der Waals surface area contributed by atoms with Crippen LogP contribution in [0.25, 0.3) is 0 Å². The molecule has 162 valence electrons. The van der Waals surface area contributed by atoms with E-state index >= 15 is 0 Å². The van der Waals surface area contributed by atoms with Crippen molar-refractivity contribution in [3.63, 3.8) is 0 Å². The maximum atomic E-state index is 12.7. The minimum atomic E-state index is -0.619. The number of rotatable bonds is 12. The summed E-state index contributed by atoms with van der Waals surface area (Å²) in [7, 11) is 1.57. The van der Waals surface area contributed by atoms with Gasteiger partial charge in [0.25, 0.3) is 11.8 Å². The molecule has 0 aromatic heterocycles. The maximum absolute atomic E-state index is 12.7. The fourth-order valence-corrected chi connectivity index (χ4v) is 2.82. The summed E-state index contributed by atoms with van der Waals surface area (Å²) in [4.78, 5) is 26.0. The van der Waals surface area contributed by atoms with E-state index in [9.17, 15) is 9.59 Å². The number of likely N-dealkylation sites (N-methyl/N-ethyl adjacent to an activating group) is 1. The van der Waals surface area contributed by atoms with Gasteiger partial charge in [0.05, 0.1) is 12.7 Å². The smallest absolute Gasteiger partial charge is 0.259 e. The number of hydrogen-bond acceptors (Lipinski definition) is 6. The van der Waals surface area contributed by atoms with Crippen LogP contribution >= 0.6 is 0 Å². The van der Waals surface area contributed by atoms with E-state index in [1.165, 1.54) is 0 Å². The van der Waals surface area contributed by atoms with Crippen molar-refractivity contribution in [2.45, 2.75) is 13.8 Å². The van der Waals surface area contributed by atoms with Crippen molar-refractivity contribution in [3.05, 3.63) is 48.0 Å². The van der Waals surface area contributed by atoms with Crippen molar-refractivity contribution in [1.29, 1.82) is 0 Å². The highest BCUT2D eigenvalue weighted by Crippen LogP contribution is 2.31. The zero-order valence-electron chi connectivity index (χ0n) is 17.6. The van der Waals surface area contributed by atoms with Gasteiger partial charge in [-0.15, -0.1) is 0 Å². The lowest BCUT2D eigenvalue weighted by molar-refractivity contribution is -0.119. The molecule has 0 aliphatic heterocycles. The summed E-state index contributed by atoms with van der Waals surface area (Å²) in [6, 6.07) is 11.8. The Morgan fingerprint density at radius 1 is 1.00 bits per heavy atom. The van der Waals surface area contributed by atoms with E-state index in [-0.39, 0.29) is 18.3 Å². The molecule has 0 spiro atoms. The molecule has 8 heteroatoms. The van der Waals surface area contributed by atoms with Crippen molar-refractivity contribution in [2.75, 3.05) is 45.3 Å². The molecule has 8 nitrogen and oxygen atoms in total. The number of carbonyl (C=O) groups is 2. The number of methoxy groups -OCH3 is 1. The number of primary amides is 1. The van der Waals surface area contributed by atoms with Crippen LogP contribution in [-0.4, -0.2) is 56.7 Å². The summed E-state index contributed by atoms with van der Waals surface area (Å²) in [5.41, 5.74) is 5.95. The highest BCUT2D eigenvalue weighted by Gasteiger charge is 2.15. The number of nitrogens with zero attached hydrogens (tertiary/aromatic N) is 1. The van der Waals surface area contributed by atoms with Crippen LogP contribution in [0.15, 0.2) is 42.5 Å². The molecule has 2 aromatic rings. The molecule has 0 unspecified atom stereocenters. The molecule has 0 heterocycles. The largest absolute Gasteiger partial charge is 0.493 e.